The van der Waals surface area contributed by atoms with Crippen LogP contribution in [0.1, 0.15) is 19.3 Å². The summed E-state index contributed by atoms with van der Waals surface area (Å²) in [5, 5.41) is 7.36. The number of carbonyl (C=O) groups excluding carboxylic acids is 1. The Kier molecular flexibility index (Phi) is 4.51. The zero-order valence-corrected chi connectivity index (χ0v) is 13.3. The number of fused-ring (bicyclic) bond motifs is 1. The molecule has 21 heavy (non-hydrogen) atoms. The average Bonchev–Trinajstić information content (AvgIpc) is 2.48. The van der Waals surface area contributed by atoms with Crippen molar-refractivity contribution in [1.82, 2.24) is 10.3 Å². The van der Waals surface area contributed by atoms with E-state index in [1.54, 1.807) is 6.20 Å². The van der Waals surface area contributed by atoms with Gasteiger partial charge in [0.2, 0.25) is 5.91 Å². The highest BCUT2D eigenvalue weighted by Gasteiger charge is 2.17. The van der Waals surface area contributed by atoms with Crippen LogP contribution in [0.5, 0.6) is 0 Å². The number of rotatable bonds is 3. The number of hydrogen-bond donors (Lipinski definition) is 2. The molecule has 1 amide bonds. The molecular weight excluding hydrogens is 330 g/mol. The van der Waals surface area contributed by atoms with Crippen LogP contribution >= 0.6 is 15.9 Å². The van der Waals surface area contributed by atoms with E-state index in [-0.39, 0.29) is 5.91 Å². The second-order valence-electron chi connectivity index (χ2n) is 5.50. The maximum atomic E-state index is 12.2. The Hall–Kier alpha value is -1.46. The molecule has 0 aliphatic carbocycles. The smallest absolute Gasteiger partial charge is 0.224 e. The van der Waals surface area contributed by atoms with Gasteiger partial charge in [0, 0.05) is 22.5 Å². The summed E-state index contributed by atoms with van der Waals surface area (Å²) in [5.74, 6) is 0.511. The highest BCUT2D eigenvalue weighted by molar-refractivity contribution is 9.10. The van der Waals surface area contributed by atoms with Gasteiger partial charge < -0.3 is 10.6 Å². The third-order valence-electron chi connectivity index (χ3n) is 3.82. The van der Waals surface area contributed by atoms with Crippen molar-refractivity contribution in [2.75, 3.05) is 18.4 Å². The van der Waals surface area contributed by atoms with Gasteiger partial charge in [-0.05, 0) is 59.9 Å². The number of aromatic nitrogens is 1. The second kappa shape index (κ2) is 6.54. The Morgan fingerprint density at radius 3 is 3.19 bits per heavy atom. The number of para-hydroxylation sites is 1. The van der Waals surface area contributed by atoms with Crippen LogP contribution in [0.4, 0.5) is 5.69 Å². The molecule has 1 aromatic carbocycles. The SMILES string of the molecule is O=C(CC1CCCNC1)Nc1cccc2cc(Br)cnc12. The van der Waals surface area contributed by atoms with Crippen LogP contribution in [0.3, 0.4) is 0 Å². The largest absolute Gasteiger partial charge is 0.324 e. The van der Waals surface area contributed by atoms with Crippen molar-refractivity contribution in [2.24, 2.45) is 5.92 Å². The Morgan fingerprint density at radius 1 is 1.48 bits per heavy atom. The molecule has 0 bridgehead atoms. The molecule has 0 radical (unpaired) electrons. The fraction of sp³-hybridized carbons (Fsp3) is 0.375. The molecule has 1 fully saturated rings. The molecular formula is C16H18BrN3O. The van der Waals surface area contributed by atoms with Crippen molar-refractivity contribution in [1.29, 1.82) is 0 Å². The van der Waals surface area contributed by atoms with Gasteiger partial charge in [0.15, 0.2) is 0 Å². The topological polar surface area (TPSA) is 54.0 Å². The first-order valence-electron chi connectivity index (χ1n) is 7.27. The van der Waals surface area contributed by atoms with Crippen LogP contribution in [0.2, 0.25) is 0 Å². The van der Waals surface area contributed by atoms with Gasteiger partial charge in [-0.3, -0.25) is 9.78 Å². The van der Waals surface area contributed by atoms with E-state index >= 15 is 0 Å². The number of halogens is 1. The molecule has 1 atom stereocenters. The van der Waals surface area contributed by atoms with Gasteiger partial charge in [-0.15, -0.1) is 0 Å². The first kappa shape index (κ1) is 14.5. The van der Waals surface area contributed by atoms with Gasteiger partial charge in [0.25, 0.3) is 0 Å². The minimum atomic E-state index is 0.0703. The second-order valence-corrected chi connectivity index (χ2v) is 6.41. The zero-order chi connectivity index (χ0) is 14.7. The third kappa shape index (κ3) is 3.60. The van der Waals surface area contributed by atoms with Gasteiger partial charge in [-0.2, -0.15) is 0 Å². The number of nitrogens with one attached hydrogen (secondary N) is 2. The van der Waals surface area contributed by atoms with Crippen molar-refractivity contribution >= 4 is 38.4 Å². The maximum absolute atomic E-state index is 12.2. The average molecular weight is 348 g/mol. The van der Waals surface area contributed by atoms with E-state index in [0.717, 1.165) is 47.0 Å². The molecule has 1 unspecified atom stereocenters. The van der Waals surface area contributed by atoms with Gasteiger partial charge in [-0.25, -0.2) is 0 Å². The zero-order valence-electron chi connectivity index (χ0n) is 11.7. The van der Waals surface area contributed by atoms with Crippen LogP contribution in [0, 0.1) is 5.92 Å². The molecule has 1 aromatic heterocycles. The lowest BCUT2D eigenvalue weighted by atomic mass is 9.96. The lowest BCUT2D eigenvalue weighted by Gasteiger charge is -2.22. The van der Waals surface area contributed by atoms with E-state index in [2.05, 4.69) is 31.5 Å². The molecule has 2 aromatic rings. The summed E-state index contributed by atoms with van der Waals surface area (Å²) >= 11 is 3.42. The van der Waals surface area contributed by atoms with Crippen LogP contribution in [0.15, 0.2) is 34.9 Å². The number of piperidine rings is 1. The van der Waals surface area contributed by atoms with E-state index in [9.17, 15) is 4.79 Å². The molecule has 3 rings (SSSR count). The van der Waals surface area contributed by atoms with Gasteiger partial charge in [0.05, 0.1) is 11.2 Å². The normalized spacial score (nSPS) is 18.6. The van der Waals surface area contributed by atoms with Crippen molar-refractivity contribution in [3.8, 4) is 0 Å². The first-order valence-corrected chi connectivity index (χ1v) is 8.06. The van der Waals surface area contributed by atoms with E-state index in [4.69, 9.17) is 0 Å². The van der Waals surface area contributed by atoms with Gasteiger partial charge in [-0.1, -0.05) is 12.1 Å². The van der Waals surface area contributed by atoms with Gasteiger partial charge in [0.1, 0.15) is 0 Å². The lowest BCUT2D eigenvalue weighted by molar-refractivity contribution is -0.117. The molecule has 4 nitrogen and oxygen atoms in total. The predicted molar refractivity (Wildman–Crippen MR) is 88.3 cm³/mol. The summed E-state index contributed by atoms with van der Waals surface area (Å²) in [6.45, 7) is 2.01. The molecule has 1 aliphatic rings. The third-order valence-corrected chi connectivity index (χ3v) is 4.26. The molecule has 0 spiro atoms. The Bertz CT molecular complexity index is 653. The quantitative estimate of drug-likeness (QED) is 0.895. The number of pyridine rings is 1. The minimum absolute atomic E-state index is 0.0703. The number of anilines is 1. The van der Waals surface area contributed by atoms with Crippen LogP contribution in [0.25, 0.3) is 10.9 Å². The monoisotopic (exact) mass is 347 g/mol. The standard InChI is InChI=1S/C16H18BrN3O/c17-13-8-12-4-1-5-14(16(12)19-10-13)20-15(21)7-11-3-2-6-18-9-11/h1,4-5,8,10-11,18H,2-3,6-7,9H2,(H,20,21). The molecule has 1 saturated heterocycles. The summed E-state index contributed by atoms with van der Waals surface area (Å²) < 4.78 is 0.937. The number of hydrogen-bond acceptors (Lipinski definition) is 3. The Morgan fingerprint density at radius 2 is 2.38 bits per heavy atom. The van der Waals surface area contributed by atoms with Crippen LogP contribution < -0.4 is 10.6 Å². The molecule has 0 saturated carbocycles. The minimum Gasteiger partial charge on any atom is -0.324 e. The van der Waals surface area contributed by atoms with E-state index in [1.807, 2.05) is 24.3 Å². The van der Waals surface area contributed by atoms with Crippen molar-refractivity contribution in [3.05, 3.63) is 34.9 Å². The van der Waals surface area contributed by atoms with Crippen molar-refractivity contribution < 1.29 is 4.79 Å². The summed E-state index contributed by atoms with van der Waals surface area (Å²) in [4.78, 5) is 16.6. The van der Waals surface area contributed by atoms with E-state index < -0.39 is 0 Å². The Balaban J connectivity index is 1.73. The van der Waals surface area contributed by atoms with Gasteiger partial charge >= 0.3 is 0 Å². The van der Waals surface area contributed by atoms with Crippen LogP contribution in [-0.2, 0) is 4.79 Å². The molecule has 2 N–H and O–H groups in total. The first-order chi connectivity index (χ1) is 10.2. The summed E-state index contributed by atoms with van der Waals surface area (Å²) in [5.41, 5.74) is 1.62. The van der Waals surface area contributed by atoms with E-state index in [0.29, 0.717) is 12.3 Å². The summed E-state index contributed by atoms with van der Waals surface area (Å²) in [7, 11) is 0. The number of amides is 1. The van der Waals surface area contributed by atoms with E-state index in [1.165, 1.54) is 0 Å². The molecule has 5 heteroatoms. The number of nitrogens with zero attached hydrogens (tertiary/aromatic N) is 1. The lowest BCUT2D eigenvalue weighted by Crippen LogP contribution is -2.32. The maximum Gasteiger partial charge on any atom is 0.224 e. The molecule has 110 valence electrons. The number of benzene rings is 1. The summed E-state index contributed by atoms with van der Waals surface area (Å²) in [6.07, 6.45) is 4.60. The number of carbonyl (C=O) groups is 1. The predicted octanol–water partition coefficient (Wildman–Crippen LogP) is 3.33. The Labute approximate surface area is 132 Å². The molecule has 1 aliphatic heterocycles. The fourth-order valence-corrected chi connectivity index (χ4v) is 3.15. The highest BCUT2D eigenvalue weighted by atomic mass is 79.9. The van der Waals surface area contributed by atoms with Crippen LogP contribution in [-0.4, -0.2) is 24.0 Å². The fourth-order valence-electron chi connectivity index (χ4n) is 2.80. The van der Waals surface area contributed by atoms with Crippen molar-refractivity contribution in [3.63, 3.8) is 0 Å². The highest BCUT2D eigenvalue weighted by Crippen LogP contribution is 2.24. The summed E-state index contributed by atoms with van der Waals surface area (Å²) in [6, 6.07) is 7.84. The van der Waals surface area contributed by atoms with Crippen molar-refractivity contribution in [2.45, 2.75) is 19.3 Å². The molecule has 2 heterocycles.